The van der Waals surface area contributed by atoms with E-state index in [9.17, 15) is 9.18 Å². The number of hydrogen-bond acceptors (Lipinski definition) is 4. The first kappa shape index (κ1) is 27.1. The summed E-state index contributed by atoms with van der Waals surface area (Å²) < 4.78 is 61.5. The van der Waals surface area contributed by atoms with Crippen LogP contribution < -0.4 is 5.73 Å². The zero-order valence-corrected chi connectivity index (χ0v) is 20.5. The minimum absolute atomic E-state index is 0.00992. The number of carboxylic acid groups (broad SMARTS) is 1. The van der Waals surface area contributed by atoms with Gasteiger partial charge in [-0.15, -0.1) is 0 Å². The molecule has 0 saturated carbocycles. The number of carbonyl (C=O) groups is 1. The van der Waals surface area contributed by atoms with Gasteiger partial charge in [-0.2, -0.15) is 0 Å². The number of alkyl halides is 1. The van der Waals surface area contributed by atoms with Crippen LogP contribution in [-0.2, 0) is 11.2 Å². The number of benzene rings is 2. The Morgan fingerprint density at radius 2 is 1.89 bits per heavy atom. The summed E-state index contributed by atoms with van der Waals surface area (Å²) in [6.07, 6.45) is 4.66. The van der Waals surface area contributed by atoms with Gasteiger partial charge in [0.25, 0.3) is 0 Å². The summed E-state index contributed by atoms with van der Waals surface area (Å²) in [6, 6.07) is 3.48. The molecule has 2 unspecified atom stereocenters. The van der Waals surface area contributed by atoms with Crippen molar-refractivity contribution < 1.29 is 27.5 Å². The van der Waals surface area contributed by atoms with Gasteiger partial charge in [0.2, 0.25) is 0 Å². The molecule has 9 heteroatoms. The zero-order chi connectivity index (χ0) is 26.8. The Balaban J connectivity index is 2.26. The first-order chi connectivity index (χ1) is 16.9. The molecule has 0 amide bonds. The number of carboxylic acids is 1. The third kappa shape index (κ3) is 5.67. The standard InChI is InChI=1S/C27H29F4N3O2/c1-15-9-20-19(7-6-18(25(20)30)17(12-32)13-33-4)26(34(15)14-27(2,3)31)24-21(28)10-16(11-22(24)29)5-8-23(35)36/h5-8,10-13,15,26H,9,14,32H2,1-4H3,(H,35,36)/b8-5+,17-12?,33-13?. The smallest absolute Gasteiger partial charge is 0.328 e. The first-order valence-corrected chi connectivity index (χ1v) is 11.4. The maximum absolute atomic E-state index is 15.8. The van der Waals surface area contributed by atoms with Crippen LogP contribution in [0.25, 0.3) is 11.6 Å². The van der Waals surface area contributed by atoms with Crippen LogP contribution >= 0.6 is 0 Å². The minimum atomic E-state index is -1.70. The van der Waals surface area contributed by atoms with E-state index in [-0.39, 0.29) is 35.2 Å². The molecule has 3 N–H and O–H groups in total. The molecule has 192 valence electrons. The molecule has 0 aromatic heterocycles. The van der Waals surface area contributed by atoms with E-state index in [0.717, 1.165) is 24.3 Å². The van der Waals surface area contributed by atoms with Gasteiger partial charge in [0.05, 0.1) is 6.04 Å². The number of halogens is 4. The second-order valence-electron chi connectivity index (χ2n) is 9.42. The average Bonchev–Trinajstić information content (AvgIpc) is 2.78. The molecule has 1 heterocycles. The fourth-order valence-corrected chi connectivity index (χ4v) is 4.64. The summed E-state index contributed by atoms with van der Waals surface area (Å²) in [6.45, 7) is 4.33. The van der Waals surface area contributed by atoms with Crippen molar-refractivity contribution in [3.05, 3.63) is 81.8 Å². The molecule has 1 aliphatic rings. The van der Waals surface area contributed by atoms with E-state index in [2.05, 4.69) is 4.99 Å². The number of nitrogens with two attached hydrogens (primary N) is 1. The summed E-state index contributed by atoms with van der Waals surface area (Å²) in [4.78, 5) is 16.3. The third-order valence-corrected chi connectivity index (χ3v) is 6.08. The molecular weight excluding hydrogens is 474 g/mol. The number of allylic oxidation sites excluding steroid dienone is 1. The average molecular weight is 504 g/mol. The predicted molar refractivity (Wildman–Crippen MR) is 133 cm³/mol. The van der Waals surface area contributed by atoms with Gasteiger partial charge in [-0.05, 0) is 62.1 Å². The molecule has 0 saturated heterocycles. The lowest BCUT2D eigenvalue weighted by atomic mass is 9.82. The van der Waals surface area contributed by atoms with Gasteiger partial charge in [-0.25, -0.2) is 22.4 Å². The monoisotopic (exact) mass is 503 g/mol. The Labute approximate surface area is 207 Å². The van der Waals surface area contributed by atoms with E-state index in [1.165, 1.54) is 39.4 Å². The highest BCUT2D eigenvalue weighted by Crippen LogP contribution is 2.43. The first-order valence-electron chi connectivity index (χ1n) is 11.4. The molecule has 2 aromatic rings. The van der Waals surface area contributed by atoms with E-state index in [1.807, 2.05) is 0 Å². The van der Waals surface area contributed by atoms with Crippen molar-refractivity contribution in [1.29, 1.82) is 0 Å². The molecule has 0 radical (unpaired) electrons. The summed E-state index contributed by atoms with van der Waals surface area (Å²) in [5.74, 6) is -3.74. The van der Waals surface area contributed by atoms with Crippen LogP contribution in [0.5, 0.6) is 0 Å². The summed E-state index contributed by atoms with van der Waals surface area (Å²) in [5.41, 5.74) is 4.72. The Morgan fingerprint density at radius 1 is 1.25 bits per heavy atom. The molecule has 2 aromatic carbocycles. The lowest BCUT2D eigenvalue weighted by molar-refractivity contribution is -0.131. The van der Waals surface area contributed by atoms with E-state index in [4.69, 9.17) is 10.8 Å². The van der Waals surface area contributed by atoms with Crippen molar-refractivity contribution in [1.82, 2.24) is 4.90 Å². The fourth-order valence-electron chi connectivity index (χ4n) is 4.64. The van der Waals surface area contributed by atoms with Gasteiger partial charge in [0.15, 0.2) is 0 Å². The largest absolute Gasteiger partial charge is 0.478 e. The molecule has 5 nitrogen and oxygen atoms in total. The molecule has 36 heavy (non-hydrogen) atoms. The lowest BCUT2D eigenvalue weighted by Gasteiger charge is -2.44. The predicted octanol–water partition coefficient (Wildman–Crippen LogP) is 5.29. The Morgan fingerprint density at radius 3 is 2.42 bits per heavy atom. The van der Waals surface area contributed by atoms with E-state index < -0.39 is 41.2 Å². The normalized spacial score (nSPS) is 19.3. The van der Waals surface area contributed by atoms with Crippen LogP contribution in [0.15, 0.2) is 41.5 Å². The maximum Gasteiger partial charge on any atom is 0.328 e. The Hall–Kier alpha value is -3.46. The Bertz CT molecular complexity index is 1230. The van der Waals surface area contributed by atoms with Crippen LogP contribution in [0.3, 0.4) is 0 Å². The molecule has 0 bridgehead atoms. The van der Waals surface area contributed by atoms with Crippen LogP contribution in [0.4, 0.5) is 17.6 Å². The number of aliphatic carboxylic acids is 1. The van der Waals surface area contributed by atoms with Gasteiger partial charge in [0.1, 0.15) is 23.1 Å². The maximum atomic E-state index is 15.8. The van der Waals surface area contributed by atoms with Gasteiger partial charge in [-0.1, -0.05) is 12.1 Å². The molecule has 2 atom stereocenters. The minimum Gasteiger partial charge on any atom is -0.478 e. The Kier molecular flexibility index (Phi) is 8.03. The molecule has 0 spiro atoms. The zero-order valence-electron chi connectivity index (χ0n) is 20.5. The van der Waals surface area contributed by atoms with Crippen molar-refractivity contribution in [3.8, 4) is 0 Å². The van der Waals surface area contributed by atoms with Crippen LogP contribution in [-0.4, -0.2) is 47.5 Å². The highest BCUT2D eigenvalue weighted by atomic mass is 19.1. The van der Waals surface area contributed by atoms with Gasteiger partial charge >= 0.3 is 5.97 Å². The highest BCUT2D eigenvalue weighted by molar-refractivity contribution is 6.09. The number of fused-ring (bicyclic) bond motifs is 1. The number of nitrogens with zero attached hydrogens (tertiary/aromatic N) is 2. The van der Waals surface area contributed by atoms with Crippen molar-refractivity contribution >= 4 is 23.8 Å². The number of hydrogen-bond donors (Lipinski definition) is 2. The lowest BCUT2D eigenvalue weighted by Crippen LogP contribution is -2.48. The van der Waals surface area contributed by atoms with Gasteiger partial charge < -0.3 is 10.8 Å². The topological polar surface area (TPSA) is 78.9 Å². The fraction of sp³-hybridized carbons (Fsp3) is 0.333. The van der Waals surface area contributed by atoms with Crippen molar-refractivity contribution in [2.75, 3.05) is 13.6 Å². The summed E-state index contributed by atoms with van der Waals surface area (Å²) in [5, 5.41) is 8.82. The van der Waals surface area contributed by atoms with E-state index >= 15 is 13.2 Å². The van der Waals surface area contributed by atoms with E-state index in [1.54, 1.807) is 17.9 Å². The number of rotatable bonds is 7. The number of aliphatic imine (C=N–C) groups is 1. The molecule has 0 fully saturated rings. The van der Waals surface area contributed by atoms with Crippen molar-refractivity contribution in [2.45, 2.75) is 44.9 Å². The summed E-state index contributed by atoms with van der Waals surface area (Å²) >= 11 is 0. The summed E-state index contributed by atoms with van der Waals surface area (Å²) in [7, 11) is 1.52. The molecular formula is C27H29F4N3O2. The van der Waals surface area contributed by atoms with Crippen LogP contribution in [0.2, 0.25) is 0 Å². The van der Waals surface area contributed by atoms with Gasteiger partial charge in [-0.3, -0.25) is 9.89 Å². The molecule has 0 aliphatic carbocycles. The second-order valence-corrected chi connectivity index (χ2v) is 9.42. The molecule has 1 aliphatic heterocycles. The molecule has 3 rings (SSSR count). The van der Waals surface area contributed by atoms with E-state index in [0.29, 0.717) is 11.1 Å². The SMILES string of the molecule is CN=CC(=CN)c1ccc2c(c1F)CC(C)N(CC(C)(C)F)C2c1c(F)cc(/C=C/C(=O)O)cc1F. The van der Waals surface area contributed by atoms with Crippen LogP contribution in [0, 0.1) is 17.5 Å². The van der Waals surface area contributed by atoms with Crippen molar-refractivity contribution in [3.63, 3.8) is 0 Å². The third-order valence-electron chi connectivity index (χ3n) is 6.08. The highest BCUT2D eigenvalue weighted by Gasteiger charge is 2.40. The van der Waals surface area contributed by atoms with Gasteiger partial charge in [0, 0.05) is 54.8 Å². The van der Waals surface area contributed by atoms with Crippen molar-refractivity contribution in [2.24, 2.45) is 10.7 Å². The van der Waals surface area contributed by atoms with Crippen LogP contribution in [0.1, 0.15) is 54.6 Å². The quantitative estimate of drug-likeness (QED) is 0.306. The second kappa shape index (κ2) is 10.7.